The van der Waals surface area contributed by atoms with Crippen LogP contribution in [0, 0.1) is 0 Å². The summed E-state index contributed by atoms with van der Waals surface area (Å²) in [6, 6.07) is 11.4. The van der Waals surface area contributed by atoms with Crippen LogP contribution >= 0.6 is 0 Å². The zero-order chi connectivity index (χ0) is 18.9. The fraction of sp³-hybridized carbons (Fsp3) is 0.421. The van der Waals surface area contributed by atoms with Crippen molar-refractivity contribution in [2.24, 2.45) is 0 Å². The van der Waals surface area contributed by atoms with Crippen LogP contribution in [0.15, 0.2) is 42.7 Å². The van der Waals surface area contributed by atoms with Gasteiger partial charge in [0, 0.05) is 38.8 Å². The fourth-order valence-corrected chi connectivity index (χ4v) is 2.78. The maximum Gasteiger partial charge on any atom is 0.315 e. The molecule has 8 nitrogen and oxygen atoms in total. The molecule has 1 aliphatic heterocycles. The molecular weight excluding hydrogens is 344 g/mol. The topological polar surface area (TPSA) is 82.6 Å². The summed E-state index contributed by atoms with van der Waals surface area (Å²) in [5.74, 6) is 1.40. The Labute approximate surface area is 159 Å². The predicted octanol–water partition coefficient (Wildman–Crippen LogP) is 1.11. The van der Waals surface area contributed by atoms with Crippen LogP contribution in [0.3, 0.4) is 0 Å². The lowest BCUT2D eigenvalue weighted by Gasteiger charge is -2.33. The Morgan fingerprint density at radius 1 is 1.11 bits per heavy atom. The Balaban J connectivity index is 1.36. The number of anilines is 1. The van der Waals surface area contributed by atoms with E-state index < -0.39 is 0 Å². The number of ether oxygens (including phenoxy) is 1. The molecule has 2 heterocycles. The summed E-state index contributed by atoms with van der Waals surface area (Å²) in [7, 11) is 2.12. The van der Waals surface area contributed by atoms with Gasteiger partial charge in [0.2, 0.25) is 5.88 Å². The highest BCUT2D eigenvalue weighted by Crippen LogP contribution is 2.17. The summed E-state index contributed by atoms with van der Waals surface area (Å²) in [6.07, 6.45) is 1.52. The minimum absolute atomic E-state index is 0.219. The lowest BCUT2D eigenvalue weighted by atomic mass is 10.2. The van der Waals surface area contributed by atoms with E-state index in [9.17, 15) is 4.79 Å². The molecule has 2 amide bonds. The van der Waals surface area contributed by atoms with Crippen LogP contribution in [0.2, 0.25) is 0 Å². The first-order valence-electron chi connectivity index (χ1n) is 9.14. The summed E-state index contributed by atoms with van der Waals surface area (Å²) < 4.78 is 5.64. The molecule has 1 aromatic heterocycles. The number of carbonyl (C=O) groups is 1. The van der Waals surface area contributed by atoms with Crippen molar-refractivity contribution in [2.45, 2.75) is 6.54 Å². The minimum atomic E-state index is -0.219. The van der Waals surface area contributed by atoms with E-state index in [1.165, 1.54) is 6.33 Å². The van der Waals surface area contributed by atoms with Gasteiger partial charge in [0.15, 0.2) is 0 Å². The number of likely N-dealkylation sites (N-methyl/N-ethyl adjacent to an activating group) is 1. The van der Waals surface area contributed by atoms with E-state index in [4.69, 9.17) is 4.74 Å². The second-order valence-corrected chi connectivity index (χ2v) is 6.45. The first kappa shape index (κ1) is 18.9. The van der Waals surface area contributed by atoms with Crippen LogP contribution in [0.4, 0.5) is 10.6 Å². The SMILES string of the molecule is CN1CCN(c2cc(OCCNC(=O)NCc3ccccc3)ncn2)CC1. The third-order valence-electron chi connectivity index (χ3n) is 4.39. The Morgan fingerprint density at radius 3 is 2.67 bits per heavy atom. The molecule has 3 rings (SSSR count). The van der Waals surface area contributed by atoms with Crippen LogP contribution in [0.1, 0.15) is 5.56 Å². The van der Waals surface area contributed by atoms with Crippen molar-refractivity contribution in [3.8, 4) is 5.88 Å². The molecule has 0 spiro atoms. The smallest absolute Gasteiger partial charge is 0.315 e. The van der Waals surface area contributed by atoms with Crippen molar-refractivity contribution < 1.29 is 9.53 Å². The highest BCUT2D eigenvalue weighted by Gasteiger charge is 2.15. The van der Waals surface area contributed by atoms with Crippen molar-refractivity contribution in [3.05, 3.63) is 48.3 Å². The van der Waals surface area contributed by atoms with E-state index in [-0.39, 0.29) is 6.03 Å². The van der Waals surface area contributed by atoms with Gasteiger partial charge in [0.05, 0.1) is 6.54 Å². The fourth-order valence-electron chi connectivity index (χ4n) is 2.78. The monoisotopic (exact) mass is 370 g/mol. The minimum Gasteiger partial charge on any atom is -0.476 e. The molecule has 144 valence electrons. The second-order valence-electron chi connectivity index (χ2n) is 6.45. The number of urea groups is 1. The number of nitrogens with zero attached hydrogens (tertiary/aromatic N) is 4. The number of aromatic nitrogens is 2. The molecule has 8 heteroatoms. The van der Waals surface area contributed by atoms with Crippen molar-refractivity contribution in [1.82, 2.24) is 25.5 Å². The van der Waals surface area contributed by atoms with Crippen molar-refractivity contribution in [2.75, 3.05) is 51.3 Å². The molecule has 0 aliphatic carbocycles. The van der Waals surface area contributed by atoms with Gasteiger partial charge >= 0.3 is 6.03 Å². The van der Waals surface area contributed by atoms with Crippen molar-refractivity contribution >= 4 is 11.8 Å². The summed E-state index contributed by atoms with van der Waals surface area (Å²) in [4.78, 5) is 24.8. The van der Waals surface area contributed by atoms with E-state index >= 15 is 0 Å². The maximum absolute atomic E-state index is 11.8. The van der Waals surface area contributed by atoms with Crippen LogP contribution < -0.4 is 20.3 Å². The first-order chi connectivity index (χ1) is 13.2. The second kappa shape index (κ2) is 9.72. The molecule has 0 unspecified atom stereocenters. The number of carbonyl (C=O) groups excluding carboxylic acids is 1. The number of rotatable bonds is 7. The van der Waals surface area contributed by atoms with Crippen LogP contribution in [-0.4, -0.2) is 67.3 Å². The molecular formula is C19H26N6O2. The van der Waals surface area contributed by atoms with E-state index in [2.05, 4.69) is 37.4 Å². The lowest BCUT2D eigenvalue weighted by Crippen LogP contribution is -2.44. The van der Waals surface area contributed by atoms with Gasteiger partial charge < -0.3 is 25.2 Å². The summed E-state index contributed by atoms with van der Waals surface area (Å²) in [6.45, 7) is 5.15. The normalized spacial score (nSPS) is 14.6. The van der Waals surface area contributed by atoms with Gasteiger partial charge in [-0.25, -0.2) is 14.8 Å². The van der Waals surface area contributed by atoms with Crippen molar-refractivity contribution in [1.29, 1.82) is 0 Å². The molecule has 1 saturated heterocycles. The number of hydrogen-bond donors (Lipinski definition) is 2. The molecule has 1 aromatic carbocycles. The molecule has 1 fully saturated rings. The largest absolute Gasteiger partial charge is 0.476 e. The highest BCUT2D eigenvalue weighted by molar-refractivity contribution is 5.73. The number of nitrogens with one attached hydrogen (secondary N) is 2. The quantitative estimate of drug-likeness (QED) is 0.711. The Bertz CT molecular complexity index is 719. The molecule has 2 N–H and O–H groups in total. The van der Waals surface area contributed by atoms with Crippen LogP contribution in [-0.2, 0) is 6.54 Å². The maximum atomic E-state index is 11.8. The zero-order valence-corrected chi connectivity index (χ0v) is 15.6. The van der Waals surface area contributed by atoms with Gasteiger partial charge in [-0.15, -0.1) is 0 Å². The molecule has 0 bridgehead atoms. The van der Waals surface area contributed by atoms with Gasteiger partial charge in [-0.3, -0.25) is 0 Å². The van der Waals surface area contributed by atoms with Gasteiger partial charge in [-0.1, -0.05) is 30.3 Å². The average Bonchev–Trinajstić information content (AvgIpc) is 2.71. The highest BCUT2D eigenvalue weighted by atomic mass is 16.5. The van der Waals surface area contributed by atoms with Gasteiger partial charge in [-0.05, 0) is 12.6 Å². The third kappa shape index (κ3) is 6.10. The molecule has 0 atom stereocenters. The molecule has 1 aliphatic rings. The van der Waals surface area contributed by atoms with Gasteiger partial charge in [0.25, 0.3) is 0 Å². The summed E-state index contributed by atoms with van der Waals surface area (Å²) in [5.41, 5.74) is 1.06. The van der Waals surface area contributed by atoms with Gasteiger partial charge in [-0.2, -0.15) is 0 Å². The molecule has 0 saturated carbocycles. The number of hydrogen-bond acceptors (Lipinski definition) is 6. The van der Waals surface area contributed by atoms with Gasteiger partial charge in [0.1, 0.15) is 18.8 Å². The third-order valence-corrected chi connectivity index (χ3v) is 4.39. The van der Waals surface area contributed by atoms with E-state index in [0.717, 1.165) is 37.6 Å². The number of benzene rings is 1. The summed E-state index contributed by atoms with van der Waals surface area (Å²) >= 11 is 0. The molecule has 0 radical (unpaired) electrons. The Hall–Kier alpha value is -2.87. The van der Waals surface area contributed by atoms with Crippen molar-refractivity contribution in [3.63, 3.8) is 0 Å². The van der Waals surface area contributed by atoms with E-state index in [1.807, 2.05) is 36.4 Å². The first-order valence-corrected chi connectivity index (χ1v) is 9.14. The Morgan fingerprint density at radius 2 is 1.89 bits per heavy atom. The number of amides is 2. The van der Waals surface area contributed by atoms with Crippen LogP contribution in [0.25, 0.3) is 0 Å². The average molecular weight is 370 g/mol. The van der Waals surface area contributed by atoms with E-state index in [1.54, 1.807) is 0 Å². The summed E-state index contributed by atoms with van der Waals surface area (Å²) in [5, 5.41) is 5.58. The van der Waals surface area contributed by atoms with Crippen LogP contribution in [0.5, 0.6) is 5.88 Å². The van der Waals surface area contributed by atoms with E-state index in [0.29, 0.717) is 25.6 Å². The predicted molar refractivity (Wildman–Crippen MR) is 104 cm³/mol. The number of piperazine rings is 1. The lowest BCUT2D eigenvalue weighted by molar-refractivity contribution is 0.235. The zero-order valence-electron chi connectivity index (χ0n) is 15.6. The molecule has 2 aromatic rings. The molecule has 27 heavy (non-hydrogen) atoms. The standard InChI is InChI=1S/C19H26N6O2/c1-24-8-10-25(11-9-24)17-13-18(23-15-22-17)27-12-7-20-19(26)21-14-16-5-3-2-4-6-16/h2-6,13,15H,7-12,14H2,1H3,(H2,20,21,26). The Kier molecular flexibility index (Phi) is 6.81.